The van der Waals surface area contributed by atoms with Crippen molar-refractivity contribution in [3.05, 3.63) is 58.6 Å². The fourth-order valence-corrected chi connectivity index (χ4v) is 2.67. The Bertz CT molecular complexity index is 628. The van der Waals surface area contributed by atoms with E-state index in [9.17, 15) is 26.3 Å². The number of hydrogen-bond donors (Lipinski definition) is 0. The fraction of sp³-hybridized carbons (Fsp3) is 0.143. The Balaban J connectivity index is 2.44. The molecule has 0 heterocycles. The van der Waals surface area contributed by atoms with Crippen molar-refractivity contribution in [2.75, 3.05) is 0 Å². The van der Waals surface area contributed by atoms with Crippen LogP contribution in [0.4, 0.5) is 26.3 Å². The van der Waals surface area contributed by atoms with Crippen LogP contribution >= 0.6 is 23.4 Å². The van der Waals surface area contributed by atoms with Crippen LogP contribution in [0.2, 0.25) is 5.02 Å². The smallest absolute Gasteiger partial charge is 0.166 e. The molecule has 118 valence electrons. The lowest BCUT2D eigenvalue weighted by molar-refractivity contribution is -0.143. The Hall–Kier alpha value is -1.34. The van der Waals surface area contributed by atoms with Crippen molar-refractivity contribution in [1.29, 1.82) is 0 Å². The Morgan fingerprint density at radius 1 is 0.682 bits per heavy atom. The SMILES string of the molecule is FC(F)(F)c1cc(Sc2ccc(Cl)cc2)cc(C(F)(F)F)c1. The molecule has 0 aromatic heterocycles. The van der Waals surface area contributed by atoms with Gasteiger partial charge in [0.05, 0.1) is 11.1 Å². The minimum Gasteiger partial charge on any atom is -0.166 e. The molecule has 0 bridgehead atoms. The molecule has 0 saturated heterocycles. The van der Waals surface area contributed by atoms with E-state index in [1.807, 2.05) is 0 Å². The molecule has 0 atom stereocenters. The van der Waals surface area contributed by atoms with Gasteiger partial charge in [0.2, 0.25) is 0 Å². The summed E-state index contributed by atoms with van der Waals surface area (Å²) in [6.45, 7) is 0. The van der Waals surface area contributed by atoms with Crippen LogP contribution in [0.5, 0.6) is 0 Å². The molecule has 0 unspecified atom stereocenters. The molecule has 2 aromatic rings. The topological polar surface area (TPSA) is 0 Å². The first-order valence-corrected chi connectivity index (χ1v) is 6.98. The first kappa shape index (κ1) is 17.0. The van der Waals surface area contributed by atoms with Crippen LogP contribution in [0.3, 0.4) is 0 Å². The van der Waals surface area contributed by atoms with E-state index in [-0.39, 0.29) is 11.0 Å². The highest BCUT2D eigenvalue weighted by Crippen LogP contribution is 2.40. The van der Waals surface area contributed by atoms with Crippen molar-refractivity contribution in [3.63, 3.8) is 0 Å². The minimum absolute atomic E-state index is 0.103. The number of rotatable bonds is 2. The molecule has 0 radical (unpaired) electrons. The summed E-state index contributed by atoms with van der Waals surface area (Å²) in [5.41, 5.74) is -2.67. The summed E-state index contributed by atoms with van der Waals surface area (Å²) in [5.74, 6) is 0. The summed E-state index contributed by atoms with van der Waals surface area (Å²) in [4.78, 5) is 0.335. The highest BCUT2D eigenvalue weighted by atomic mass is 35.5. The normalized spacial score (nSPS) is 12.5. The summed E-state index contributed by atoms with van der Waals surface area (Å²) in [6, 6.07) is 7.51. The standard InChI is InChI=1S/C14H7ClF6S/c15-10-1-3-11(4-2-10)22-12-6-8(13(16,17)18)5-9(7-12)14(19,20)21/h1-7H. The van der Waals surface area contributed by atoms with Crippen LogP contribution < -0.4 is 0 Å². The second-order valence-electron chi connectivity index (χ2n) is 4.30. The van der Waals surface area contributed by atoms with E-state index in [0.29, 0.717) is 22.1 Å². The van der Waals surface area contributed by atoms with Crippen LogP contribution in [0.15, 0.2) is 52.3 Å². The summed E-state index contributed by atoms with van der Waals surface area (Å²) < 4.78 is 76.4. The van der Waals surface area contributed by atoms with Gasteiger partial charge in [-0.05, 0) is 42.5 Å². The van der Waals surface area contributed by atoms with Crippen molar-refractivity contribution in [2.24, 2.45) is 0 Å². The maximum absolute atomic E-state index is 12.7. The molecule has 0 spiro atoms. The lowest BCUT2D eigenvalue weighted by Crippen LogP contribution is -2.10. The summed E-state index contributed by atoms with van der Waals surface area (Å²) in [6.07, 6.45) is -9.70. The van der Waals surface area contributed by atoms with E-state index < -0.39 is 23.5 Å². The lowest BCUT2D eigenvalue weighted by Gasteiger charge is -2.14. The van der Waals surface area contributed by atoms with E-state index in [4.69, 9.17) is 11.6 Å². The van der Waals surface area contributed by atoms with Crippen molar-refractivity contribution >= 4 is 23.4 Å². The molecule has 2 rings (SSSR count). The van der Waals surface area contributed by atoms with Crippen molar-refractivity contribution in [3.8, 4) is 0 Å². The van der Waals surface area contributed by atoms with Gasteiger partial charge in [-0.15, -0.1) is 0 Å². The molecule has 2 aromatic carbocycles. The molecule has 0 nitrogen and oxygen atoms in total. The molecule has 0 amide bonds. The molecule has 0 N–H and O–H groups in total. The van der Waals surface area contributed by atoms with Gasteiger partial charge in [-0.2, -0.15) is 26.3 Å². The van der Waals surface area contributed by atoms with Crippen molar-refractivity contribution in [2.45, 2.75) is 22.1 Å². The van der Waals surface area contributed by atoms with E-state index in [1.165, 1.54) is 24.3 Å². The Labute approximate surface area is 131 Å². The highest BCUT2D eigenvalue weighted by molar-refractivity contribution is 7.99. The Kier molecular flexibility index (Phi) is 4.67. The Morgan fingerprint density at radius 2 is 1.14 bits per heavy atom. The third-order valence-corrected chi connectivity index (χ3v) is 3.84. The van der Waals surface area contributed by atoms with E-state index in [0.717, 1.165) is 11.8 Å². The van der Waals surface area contributed by atoms with Crippen LogP contribution in [0, 0.1) is 0 Å². The number of hydrogen-bond acceptors (Lipinski definition) is 1. The molecule has 0 saturated carbocycles. The quantitative estimate of drug-likeness (QED) is 0.551. The van der Waals surface area contributed by atoms with Gasteiger partial charge in [0.1, 0.15) is 0 Å². The van der Waals surface area contributed by atoms with Gasteiger partial charge in [-0.25, -0.2) is 0 Å². The number of halogens is 7. The van der Waals surface area contributed by atoms with Gasteiger partial charge in [0.15, 0.2) is 0 Å². The summed E-state index contributed by atoms with van der Waals surface area (Å²) >= 11 is 6.48. The predicted octanol–water partition coefficient (Wildman–Crippen LogP) is 6.53. The predicted molar refractivity (Wildman–Crippen MR) is 72.0 cm³/mol. The Morgan fingerprint density at radius 3 is 1.55 bits per heavy atom. The summed E-state index contributed by atoms with van der Waals surface area (Å²) in [7, 11) is 0. The van der Waals surface area contributed by atoms with Crippen molar-refractivity contribution < 1.29 is 26.3 Å². The molecule has 0 aliphatic rings. The van der Waals surface area contributed by atoms with Crippen molar-refractivity contribution in [1.82, 2.24) is 0 Å². The molecule has 0 aliphatic carbocycles. The highest BCUT2D eigenvalue weighted by Gasteiger charge is 2.36. The third-order valence-electron chi connectivity index (χ3n) is 2.61. The molecule has 8 heteroatoms. The van der Waals surface area contributed by atoms with Crippen LogP contribution in [-0.2, 0) is 12.4 Å². The number of alkyl halides is 6. The van der Waals surface area contributed by atoms with E-state index >= 15 is 0 Å². The average molecular weight is 357 g/mol. The second-order valence-corrected chi connectivity index (χ2v) is 5.88. The maximum Gasteiger partial charge on any atom is 0.416 e. The molecule has 22 heavy (non-hydrogen) atoms. The average Bonchev–Trinajstić information content (AvgIpc) is 2.39. The summed E-state index contributed by atoms with van der Waals surface area (Å²) in [5, 5.41) is 0.421. The van der Waals surface area contributed by atoms with E-state index in [2.05, 4.69) is 0 Å². The largest absolute Gasteiger partial charge is 0.416 e. The third kappa shape index (κ3) is 4.33. The van der Waals surface area contributed by atoms with Gasteiger partial charge in [-0.1, -0.05) is 23.4 Å². The van der Waals surface area contributed by atoms with Gasteiger partial charge in [0.25, 0.3) is 0 Å². The number of benzene rings is 2. The zero-order chi connectivity index (χ0) is 16.5. The second kappa shape index (κ2) is 6.04. The fourth-order valence-electron chi connectivity index (χ4n) is 1.62. The first-order chi connectivity index (χ1) is 10.1. The molecular formula is C14H7ClF6S. The molecule has 0 fully saturated rings. The van der Waals surface area contributed by atoms with Crippen LogP contribution in [-0.4, -0.2) is 0 Å². The van der Waals surface area contributed by atoms with Crippen LogP contribution in [0.1, 0.15) is 11.1 Å². The zero-order valence-electron chi connectivity index (χ0n) is 10.6. The zero-order valence-corrected chi connectivity index (χ0v) is 12.2. The molecular weight excluding hydrogens is 350 g/mol. The van der Waals surface area contributed by atoms with Gasteiger partial charge >= 0.3 is 12.4 Å². The first-order valence-electron chi connectivity index (χ1n) is 5.78. The maximum atomic E-state index is 12.7. The lowest BCUT2D eigenvalue weighted by atomic mass is 10.1. The molecule has 0 aliphatic heterocycles. The van der Waals surface area contributed by atoms with Gasteiger partial charge in [0, 0.05) is 14.8 Å². The monoisotopic (exact) mass is 356 g/mol. The van der Waals surface area contributed by atoms with Crippen LogP contribution in [0.25, 0.3) is 0 Å². The van der Waals surface area contributed by atoms with E-state index in [1.54, 1.807) is 0 Å². The minimum atomic E-state index is -4.85. The van der Waals surface area contributed by atoms with Gasteiger partial charge in [-0.3, -0.25) is 0 Å². The van der Waals surface area contributed by atoms with Gasteiger partial charge < -0.3 is 0 Å².